The smallest absolute Gasteiger partial charge is 0.359 e. The molecule has 0 aliphatic carbocycles. The van der Waals surface area contributed by atoms with Crippen molar-refractivity contribution in [2.75, 3.05) is 19.6 Å². The molecule has 1 atom stereocenters. The number of hydrogen-bond acceptors (Lipinski definition) is 6. The summed E-state index contributed by atoms with van der Waals surface area (Å²) in [5.41, 5.74) is 0.395. The monoisotopic (exact) mass is 455 g/mol. The van der Waals surface area contributed by atoms with Crippen LogP contribution in [-0.4, -0.2) is 57.1 Å². The fourth-order valence-electron chi connectivity index (χ4n) is 3.87. The Labute approximate surface area is 188 Å². The van der Waals surface area contributed by atoms with Gasteiger partial charge < -0.3 is 26.7 Å². The summed E-state index contributed by atoms with van der Waals surface area (Å²) >= 11 is 0. The van der Waals surface area contributed by atoms with E-state index < -0.39 is 10.9 Å². The second-order valence-corrected chi connectivity index (χ2v) is 7.26. The number of nitro groups is 1. The van der Waals surface area contributed by atoms with Crippen LogP contribution in [0.4, 0.5) is 5.69 Å². The fourth-order valence-corrected chi connectivity index (χ4v) is 3.87. The van der Waals surface area contributed by atoms with Crippen molar-refractivity contribution < 1.29 is 41.2 Å². The summed E-state index contributed by atoms with van der Waals surface area (Å²) in [6, 6.07) is 5.65. The lowest BCUT2D eigenvalue weighted by Crippen LogP contribution is -3.00. The third-order valence-corrected chi connectivity index (χ3v) is 6.01. The zero-order valence-electron chi connectivity index (χ0n) is 18.3. The highest BCUT2D eigenvalue weighted by Gasteiger charge is 2.52. The van der Waals surface area contributed by atoms with Gasteiger partial charge in [0.25, 0.3) is 5.69 Å². The van der Waals surface area contributed by atoms with Crippen molar-refractivity contribution in [1.29, 1.82) is 0 Å². The zero-order valence-corrected chi connectivity index (χ0v) is 19.1. The molecule has 31 heavy (non-hydrogen) atoms. The number of likely N-dealkylation sites (tertiary alicyclic amines) is 1. The Balaban J connectivity index is 0.00000480. The van der Waals surface area contributed by atoms with Crippen molar-refractivity contribution >= 4 is 17.6 Å². The van der Waals surface area contributed by atoms with E-state index >= 15 is 0 Å². The summed E-state index contributed by atoms with van der Waals surface area (Å²) in [5.74, 6) is -1.20. The Morgan fingerprint density at radius 2 is 1.74 bits per heavy atom. The number of nitrogens with zero attached hydrogens (tertiary/aromatic N) is 3. The highest BCUT2D eigenvalue weighted by Crippen LogP contribution is 2.34. The predicted octanol–water partition coefficient (Wildman–Crippen LogP) is 0.257. The molecular formula is C21H30ClN3O6. The van der Waals surface area contributed by atoms with Crippen LogP contribution < -0.4 is 12.4 Å². The number of esters is 1. The molecule has 9 nitrogen and oxygen atoms in total. The number of β-lactam (4-membered cyclic amide) rings is 1. The number of non-ortho nitro benzene ring substituents is 1. The van der Waals surface area contributed by atoms with Gasteiger partial charge in [-0.1, -0.05) is 6.92 Å². The Hall–Kier alpha value is -2.65. The molecule has 172 valence electrons. The molecule has 1 unspecified atom stereocenters. The highest BCUT2D eigenvalue weighted by molar-refractivity contribution is 5.97. The number of ether oxygens (including phenoxy) is 1. The lowest BCUT2D eigenvalue weighted by molar-refractivity contribution is -0.958. The number of hydrogen-bond donors (Lipinski definition) is 1. The highest BCUT2D eigenvalue weighted by atomic mass is 35.5. The van der Waals surface area contributed by atoms with Crippen molar-refractivity contribution in [3.8, 4) is 0 Å². The number of amides is 1. The van der Waals surface area contributed by atoms with Gasteiger partial charge in [-0.2, -0.15) is 0 Å². The second kappa shape index (κ2) is 11.1. The average molecular weight is 456 g/mol. The first-order valence-electron chi connectivity index (χ1n) is 10.2. The topological polar surface area (TPSA) is 110 Å². The zero-order chi connectivity index (χ0) is 22.5. The van der Waals surface area contributed by atoms with Crippen LogP contribution in [-0.2, 0) is 20.9 Å². The molecule has 1 aromatic rings. The fraction of sp³-hybridized carbons (Fsp3) is 0.524. The number of aliphatic hydroxyl groups excluding tert-OH is 1. The summed E-state index contributed by atoms with van der Waals surface area (Å²) in [5, 5.41) is 21.2. The van der Waals surface area contributed by atoms with Crippen LogP contribution in [0.25, 0.3) is 0 Å². The van der Waals surface area contributed by atoms with Gasteiger partial charge in [0.2, 0.25) is 5.91 Å². The van der Waals surface area contributed by atoms with Gasteiger partial charge in [0.05, 0.1) is 24.6 Å². The SMILES string of the molecule is CC/C(O)=C(\C(=O)OCc1ccc([N+](=O)[O-])cc1)N1C(=O)CC1[N+](CC)(CC)CC.[Cl-]. The van der Waals surface area contributed by atoms with Gasteiger partial charge in [0.15, 0.2) is 11.9 Å². The molecule has 0 bridgehead atoms. The Morgan fingerprint density at radius 3 is 2.16 bits per heavy atom. The summed E-state index contributed by atoms with van der Waals surface area (Å²) < 4.78 is 5.98. The van der Waals surface area contributed by atoms with E-state index in [0.717, 1.165) is 19.6 Å². The molecule has 2 rings (SSSR count). The van der Waals surface area contributed by atoms with Crippen molar-refractivity contribution in [3.05, 3.63) is 51.4 Å². The van der Waals surface area contributed by atoms with Gasteiger partial charge >= 0.3 is 5.97 Å². The van der Waals surface area contributed by atoms with Crippen LogP contribution in [0.5, 0.6) is 0 Å². The quantitative estimate of drug-likeness (QED) is 0.103. The summed E-state index contributed by atoms with van der Waals surface area (Å²) in [4.78, 5) is 37.0. The Kier molecular flexibility index (Phi) is 9.45. The van der Waals surface area contributed by atoms with Crippen LogP contribution in [0, 0.1) is 10.1 Å². The first-order chi connectivity index (χ1) is 14.2. The third-order valence-electron chi connectivity index (χ3n) is 6.01. The van der Waals surface area contributed by atoms with Crippen LogP contribution in [0.3, 0.4) is 0 Å². The van der Waals surface area contributed by atoms with Crippen LogP contribution >= 0.6 is 0 Å². The number of allylic oxidation sites excluding steroid dienone is 1. The molecule has 1 fully saturated rings. The van der Waals surface area contributed by atoms with E-state index in [4.69, 9.17) is 4.74 Å². The maximum absolute atomic E-state index is 12.9. The van der Waals surface area contributed by atoms with E-state index in [0.29, 0.717) is 16.5 Å². The number of aliphatic hydroxyl groups is 1. The third kappa shape index (κ3) is 5.34. The maximum atomic E-state index is 12.9. The van der Waals surface area contributed by atoms with E-state index in [2.05, 4.69) is 0 Å². The maximum Gasteiger partial charge on any atom is 0.359 e. The number of halogens is 1. The number of carbonyl (C=O) groups is 2. The molecular weight excluding hydrogens is 426 g/mol. The molecule has 1 saturated heterocycles. The molecule has 1 aliphatic heterocycles. The van der Waals surface area contributed by atoms with Crippen molar-refractivity contribution in [2.45, 2.75) is 53.3 Å². The molecule has 0 saturated carbocycles. The van der Waals surface area contributed by atoms with Gasteiger partial charge in [-0.15, -0.1) is 0 Å². The van der Waals surface area contributed by atoms with Crippen molar-refractivity contribution in [1.82, 2.24) is 4.90 Å². The van der Waals surface area contributed by atoms with Gasteiger partial charge in [0, 0.05) is 18.6 Å². The number of rotatable bonds is 10. The van der Waals surface area contributed by atoms with Crippen molar-refractivity contribution in [3.63, 3.8) is 0 Å². The van der Waals surface area contributed by atoms with E-state index in [9.17, 15) is 24.8 Å². The molecule has 0 spiro atoms. The van der Waals surface area contributed by atoms with Gasteiger partial charge in [-0.3, -0.25) is 19.8 Å². The second-order valence-electron chi connectivity index (χ2n) is 7.26. The molecule has 0 aromatic heterocycles. The molecule has 1 N–H and O–H groups in total. The Bertz CT molecular complexity index is 828. The average Bonchev–Trinajstić information content (AvgIpc) is 2.76. The van der Waals surface area contributed by atoms with Gasteiger partial charge in [-0.05, 0) is 38.5 Å². The van der Waals surface area contributed by atoms with Gasteiger partial charge in [-0.25, -0.2) is 4.79 Å². The molecule has 1 aliphatic rings. The molecule has 1 amide bonds. The van der Waals surface area contributed by atoms with Gasteiger partial charge in [0.1, 0.15) is 18.8 Å². The minimum atomic E-state index is -0.785. The lowest BCUT2D eigenvalue weighted by Gasteiger charge is -2.52. The molecule has 1 heterocycles. The van der Waals surface area contributed by atoms with E-state index in [1.54, 1.807) is 6.92 Å². The number of carbonyl (C=O) groups excluding carboxylic acids is 2. The number of benzene rings is 1. The first-order valence-corrected chi connectivity index (χ1v) is 10.2. The summed E-state index contributed by atoms with van der Waals surface area (Å²) in [6.07, 6.45) is 0.266. The van der Waals surface area contributed by atoms with Crippen LogP contribution in [0.2, 0.25) is 0 Å². The normalized spacial score (nSPS) is 16.7. The minimum absolute atomic E-state index is 0. The minimum Gasteiger partial charge on any atom is -1.00 e. The van der Waals surface area contributed by atoms with E-state index in [1.807, 2.05) is 20.8 Å². The van der Waals surface area contributed by atoms with E-state index in [-0.39, 0.29) is 54.7 Å². The van der Waals surface area contributed by atoms with Crippen molar-refractivity contribution in [2.24, 2.45) is 0 Å². The number of nitro benzene ring substituents is 1. The Morgan fingerprint density at radius 1 is 1.19 bits per heavy atom. The summed E-state index contributed by atoms with van der Waals surface area (Å²) in [7, 11) is 0. The standard InChI is InChI=1S/C21H29N3O6.ClH/c1-5-17(25)20(22-18(13-19(22)26)24(6-2,7-3)8-4)21(27)30-14-15-9-11-16(12-10-15)23(28)29;/h9-12,18H,5-8,13-14H2,1-4H3;1H. The predicted molar refractivity (Wildman–Crippen MR) is 110 cm³/mol. The molecule has 10 heteroatoms. The van der Waals surface area contributed by atoms with Crippen LogP contribution in [0.1, 0.15) is 46.1 Å². The lowest BCUT2D eigenvalue weighted by atomic mass is 10.0. The molecule has 0 radical (unpaired) electrons. The first kappa shape index (κ1) is 26.4. The van der Waals surface area contributed by atoms with E-state index in [1.165, 1.54) is 29.2 Å². The number of quaternary nitrogens is 1. The van der Waals surface area contributed by atoms with Crippen LogP contribution in [0.15, 0.2) is 35.7 Å². The largest absolute Gasteiger partial charge is 1.00 e. The molecule has 1 aromatic carbocycles. The summed E-state index contributed by atoms with van der Waals surface area (Å²) in [6.45, 7) is 10.1.